The smallest absolute Gasteiger partial charge is 0.196 e. The van der Waals surface area contributed by atoms with Gasteiger partial charge in [0.15, 0.2) is 11.4 Å². The fourth-order valence-electron chi connectivity index (χ4n) is 3.51. The van der Waals surface area contributed by atoms with Gasteiger partial charge < -0.3 is 9.32 Å². The topological polar surface area (TPSA) is 42.2 Å². The summed E-state index contributed by atoms with van der Waals surface area (Å²) < 4.78 is 6.06. The third-order valence-corrected chi connectivity index (χ3v) is 4.79. The molecule has 0 spiro atoms. The van der Waals surface area contributed by atoms with E-state index in [1.807, 2.05) is 24.3 Å². The zero-order valence-electron chi connectivity index (χ0n) is 13.7. The number of rotatable bonds is 2. The zero-order chi connectivity index (χ0) is 16.6. The van der Waals surface area contributed by atoms with E-state index in [0.29, 0.717) is 0 Å². The Hall–Kier alpha value is -3.14. The molecule has 0 unspecified atom stereocenters. The molecular weight excluding hydrogens is 310 g/mol. The molecule has 4 nitrogen and oxygen atoms in total. The second kappa shape index (κ2) is 5.74. The van der Waals surface area contributed by atoms with Gasteiger partial charge in [0, 0.05) is 18.5 Å². The van der Waals surface area contributed by atoms with Gasteiger partial charge in [-0.1, -0.05) is 48.5 Å². The first kappa shape index (κ1) is 14.2. The van der Waals surface area contributed by atoms with Gasteiger partial charge in [0.1, 0.15) is 17.4 Å². The molecule has 0 radical (unpaired) electrons. The van der Waals surface area contributed by atoms with Crippen LogP contribution in [0.15, 0.2) is 71.4 Å². The van der Waals surface area contributed by atoms with E-state index in [0.717, 1.165) is 47.4 Å². The average molecular weight is 327 g/mol. The lowest BCUT2D eigenvalue weighted by atomic mass is 9.99. The van der Waals surface area contributed by atoms with Crippen molar-refractivity contribution in [3.63, 3.8) is 0 Å². The monoisotopic (exact) mass is 327 g/mol. The first-order chi connectivity index (χ1) is 12.4. The molecule has 4 heteroatoms. The molecule has 0 N–H and O–H groups in total. The molecule has 1 aliphatic heterocycles. The number of hydrogen-bond donors (Lipinski definition) is 0. The van der Waals surface area contributed by atoms with Crippen LogP contribution in [-0.2, 0) is 0 Å². The van der Waals surface area contributed by atoms with Crippen LogP contribution in [0, 0.1) is 0 Å². The van der Waals surface area contributed by atoms with Crippen molar-refractivity contribution in [2.24, 2.45) is 0 Å². The van der Waals surface area contributed by atoms with Crippen LogP contribution in [0.25, 0.3) is 27.6 Å². The number of aromatic nitrogens is 2. The van der Waals surface area contributed by atoms with Gasteiger partial charge in [-0.25, -0.2) is 9.97 Å². The third-order valence-electron chi connectivity index (χ3n) is 4.79. The van der Waals surface area contributed by atoms with E-state index >= 15 is 0 Å². The molecule has 25 heavy (non-hydrogen) atoms. The highest BCUT2D eigenvalue weighted by Crippen LogP contribution is 2.33. The molecule has 0 amide bonds. The van der Waals surface area contributed by atoms with Gasteiger partial charge in [0.05, 0.1) is 0 Å². The molecule has 0 aliphatic carbocycles. The average Bonchev–Trinajstić information content (AvgIpc) is 3.08. The van der Waals surface area contributed by atoms with Crippen LogP contribution >= 0.6 is 0 Å². The number of nitrogens with zero attached hydrogens (tertiary/aromatic N) is 3. The summed E-state index contributed by atoms with van der Waals surface area (Å²) in [5.74, 6) is 0.879. The Balaban J connectivity index is 1.53. The van der Waals surface area contributed by atoms with Crippen molar-refractivity contribution in [3.05, 3.63) is 72.6 Å². The summed E-state index contributed by atoms with van der Waals surface area (Å²) in [6.45, 7) is 1.75. The number of furan rings is 1. The van der Waals surface area contributed by atoms with Crippen LogP contribution < -0.4 is 4.90 Å². The van der Waals surface area contributed by atoms with Gasteiger partial charge in [-0.2, -0.15) is 0 Å². The lowest BCUT2D eigenvalue weighted by Crippen LogP contribution is -2.29. The molecule has 0 bridgehead atoms. The quantitative estimate of drug-likeness (QED) is 0.536. The summed E-state index contributed by atoms with van der Waals surface area (Å²) in [5.41, 5.74) is 5.22. The molecule has 2 aromatic heterocycles. The molecule has 2 aromatic carbocycles. The van der Waals surface area contributed by atoms with Crippen LogP contribution in [0.4, 0.5) is 5.82 Å². The van der Waals surface area contributed by atoms with Crippen molar-refractivity contribution >= 4 is 33.5 Å². The van der Waals surface area contributed by atoms with Crippen LogP contribution in [0.3, 0.4) is 0 Å². The van der Waals surface area contributed by atoms with Crippen LogP contribution in [0.2, 0.25) is 0 Å². The molecule has 1 aliphatic rings. The van der Waals surface area contributed by atoms with Crippen LogP contribution in [0.5, 0.6) is 0 Å². The summed E-state index contributed by atoms with van der Waals surface area (Å²) in [6.07, 6.45) is 4.92. The Bertz CT molecular complexity index is 1080. The van der Waals surface area contributed by atoms with Gasteiger partial charge in [-0.3, -0.25) is 0 Å². The fraction of sp³-hybridized carbons (Fsp3) is 0.143. The van der Waals surface area contributed by atoms with Crippen LogP contribution in [-0.4, -0.2) is 23.1 Å². The SMILES string of the molecule is C1=C(c2ccccc2)CCN(c2ncnc3c2oc2ccccc23)C1. The Morgan fingerprint density at radius 1 is 0.920 bits per heavy atom. The summed E-state index contributed by atoms with van der Waals surface area (Å²) in [4.78, 5) is 11.2. The van der Waals surface area contributed by atoms with Gasteiger partial charge >= 0.3 is 0 Å². The molecule has 4 aromatic rings. The molecular formula is C21H17N3O. The van der Waals surface area contributed by atoms with Crippen molar-refractivity contribution in [1.82, 2.24) is 9.97 Å². The number of hydrogen-bond acceptors (Lipinski definition) is 4. The maximum Gasteiger partial charge on any atom is 0.196 e. The van der Waals surface area contributed by atoms with E-state index < -0.39 is 0 Å². The van der Waals surface area contributed by atoms with E-state index in [-0.39, 0.29) is 0 Å². The van der Waals surface area contributed by atoms with E-state index in [2.05, 4.69) is 51.3 Å². The van der Waals surface area contributed by atoms with Crippen LogP contribution in [0.1, 0.15) is 12.0 Å². The highest BCUT2D eigenvalue weighted by atomic mass is 16.3. The number of benzene rings is 2. The lowest BCUT2D eigenvalue weighted by Gasteiger charge is -2.27. The van der Waals surface area contributed by atoms with Crippen molar-refractivity contribution in [2.75, 3.05) is 18.0 Å². The maximum absolute atomic E-state index is 6.06. The second-order valence-electron chi connectivity index (χ2n) is 6.26. The molecule has 122 valence electrons. The predicted octanol–water partition coefficient (Wildman–Crippen LogP) is 4.67. The first-order valence-corrected chi connectivity index (χ1v) is 8.52. The molecule has 5 rings (SSSR count). The second-order valence-corrected chi connectivity index (χ2v) is 6.26. The molecule has 3 heterocycles. The Labute approximate surface area is 145 Å². The van der Waals surface area contributed by atoms with Crippen molar-refractivity contribution in [1.29, 1.82) is 0 Å². The summed E-state index contributed by atoms with van der Waals surface area (Å²) in [6, 6.07) is 18.6. The summed E-state index contributed by atoms with van der Waals surface area (Å²) in [7, 11) is 0. The normalized spacial score (nSPS) is 14.9. The molecule has 0 saturated carbocycles. The maximum atomic E-state index is 6.06. The predicted molar refractivity (Wildman–Crippen MR) is 101 cm³/mol. The van der Waals surface area contributed by atoms with Crippen molar-refractivity contribution in [2.45, 2.75) is 6.42 Å². The number of anilines is 1. The Kier molecular flexibility index (Phi) is 3.27. The van der Waals surface area contributed by atoms with E-state index in [9.17, 15) is 0 Å². The molecule has 0 atom stereocenters. The minimum absolute atomic E-state index is 0.778. The molecule has 0 saturated heterocycles. The van der Waals surface area contributed by atoms with Gasteiger partial charge in [-0.05, 0) is 29.7 Å². The minimum Gasteiger partial charge on any atom is -0.450 e. The Morgan fingerprint density at radius 2 is 1.76 bits per heavy atom. The van der Waals surface area contributed by atoms with Crippen molar-refractivity contribution in [3.8, 4) is 0 Å². The molecule has 0 fully saturated rings. The highest BCUT2D eigenvalue weighted by Gasteiger charge is 2.20. The largest absolute Gasteiger partial charge is 0.450 e. The minimum atomic E-state index is 0.778. The van der Waals surface area contributed by atoms with Gasteiger partial charge in [-0.15, -0.1) is 0 Å². The summed E-state index contributed by atoms with van der Waals surface area (Å²) in [5, 5.41) is 1.04. The first-order valence-electron chi connectivity index (χ1n) is 8.52. The van der Waals surface area contributed by atoms with E-state index in [4.69, 9.17) is 4.42 Å². The third kappa shape index (κ3) is 2.38. The summed E-state index contributed by atoms with van der Waals surface area (Å²) >= 11 is 0. The Morgan fingerprint density at radius 3 is 2.60 bits per heavy atom. The van der Waals surface area contributed by atoms with Crippen molar-refractivity contribution < 1.29 is 4.42 Å². The van der Waals surface area contributed by atoms with E-state index in [1.54, 1.807) is 6.33 Å². The van der Waals surface area contributed by atoms with E-state index in [1.165, 1.54) is 11.1 Å². The lowest BCUT2D eigenvalue weighted by molar-refractivity contribution is 0.660. The van der Waals surface area contributed by atoms with Gasteiger partial charge in [0.25, 0.3) is 0 Å². The fourth-order valence-corrected chi connectivity index (χ4v) is 3.51. The number of para-hydroxylation sites is 1. The van der Waals surface area contributed by atoms with Gasteiger partial charge in [0.2, 0.25) is 0 Å². The standard InChI is InChI=1S/C21H17N3O/c1-2-6-15(7-3-1)16-10-12-24(13-11-16)21-20-19(22-14-23-21)17-8-4-5-9-18(17)25-20/h1-10,14H,11-13H2. The highest BCUT2D eigenvalue weighted by molar-refractivity contribution is 6.05. The number of fused-ring (bicyclic) bond motifs is 3. The zero-order valence-corrected chi connectivity index (χ0v) is 13.7.